The van der Waals surface area contributed by atoms with Crippen molar-refractivity contribution in [3.05, 3.63) is 58.2 Å². The molecule has 2 rings (SSSR count). The molecule has 0 amide bonds. The first-order chi connectivity index (χ1) is 9.58. The molecular weight excluding hydrogens is 272 g/mol. The lowest BCUT2D eigenvalue weighted by atomic mass is 10.1. The van der Waals surface area contributed by atoms with Gasteiger partial charge in [0.15, 0.2) is 0 Å². The second-order valence-electron chi connectivity index (χ2n) is 4.93. The number of benzene rings is 1. The molecule has 0 atom stereocenters. The Balaban J connectivity index is 2.04. The van der Waals surface area contributed by atoms with E-state index in [1.807, 2.05) is 7.05 Å². The topological polar surface area (TPSA) is 54.2 Å². The Morgan fingerprint density at radius 1 is 1.15 bits per heavy atom. The maximum Gasteiger partial charge on any atom is 0.140 e. The zero-order valence-corrected chi connectivity index (χ0v) is 12.5. The molecule has 2 aromatic rings. The Labute approximate surface area is 124 Å². The van der Waals surface area contributed by atoms with Gasteiger partial charge in [-0.1, -0.05) is 41.4 Å². The van der Waals surface area contributed by atoms with Gasteiger partial charge in [0, 0.05) is 13.1 Å². The van der Waals surface area contributed by atoms with Crippen molar-refractivity contribution in [2.45, 2.75) is 20.0 Å². The van der Waals surface area contributed by atoms with Crippen molar-refractivity contribution in [2.24, 2.45) is 5.84 Å². The third-order valence-corrected chi connectivity index (χ3v) is 3.40. The average molecular weight is 291 g/mol. The van der Waals surface area contributed by atoms with Crippen molar-refractivity contribution in [1.82, 2.24) is 9.88 Å². The number of pyridine rings is 1. The van der Waals surface area contributed by atoms with Crippen LogP contribution < -0.4 is 11.3 Å². The molecule has 0 spiro atoms. The number of aryl methyl sites for hydroxylation is 1. The number of hydrazine groups is 1. The highest BCUT2D eigenvalue weighted by atomic mass is 35.5. The van der Waals surface area contributed by atoms with Crippen LogP contribution >= 0.6 is 11.6 Å². The number of hydrogen-bond acceptors (Lipinski definition) is 4. The third kappa shape index (κ3) is 3.93. The first-order valence-corrected chi connectivity index (χ1v) is 6.82. The number of rotatable bonds is 5. The smallest absolute Gasteiger partial charge is 0.140 e. The summed E-state index contributed by atoms with van der Waals surface area (Å²) in [6.45, 7) is 3.60. The predicted molar refractivity (Wildman–Crippen MR) is 83.4 cm³/mol. The van der Waals surface area contributed by atoms with Gasteiger partial charge in [0.05, 0.1) is 10.7 Å². The quantitative estimate of drug-likeness (QED) is 0.657. The molecule has 0 bridgehead atoms. The molecule has 1 heterocycles. The first-order valence-electron chi connectivity index (χ1n) is 6.44. The number of hydrogen-bond donors (Lipinski definition) is 2. The monoisotopic (exact) mass is 290 g/mol. The van der Waals surface area contributed by atoms with Gasteiger partial charge in [0.25, 0.3) is 0 Å². The van der Waals surface area contributed by atoms with Gasteiger partial charge >= 0.3 is 0 Å². The molecule has 0 aliphatic rings. The van der Waals surface area contributed by atoms with Gasteiger partial charge in [-0.2, -0.15) is 0 Å². The van der Waals surface area contributed by atoms with Crippen LogP contribution in [-0.2, 0) is 13.1 Å². The summed E-state index contributed by atoms with van der Waals surface area (Å²) < 4.78 is 0. The van der Waals surface area contributed by atoms with Crippen LogP contribution in [0.25, 0.3) is 0 Å². The van der Waals surface area contributed by atoms with Crippen molar-refractivity contribution in [1.29, 1.82) is 0 Å². The maximum absolute atomic E-state index is 6.16. The Bertz CT molecular complexity index is 569. The van der Waals surface area contributed by atoms with Gasteiger partial charge in [0.2, 0.25) is 0 Å². The molecule has 0 aliphatic heterocycles. The van der Waals surface area contributed by atoms with Crippen LogP contribution in [0.1, 0.15) is 16.8 Å². The molecule has 20 heavy (non-hydrogen) atoms. The Hall–Kier alpha value is -1.62. The molecule has 1 aromatic heterocycles. The minimum absolute atomic E-state index is 0.619. The summed E-state index contributed by atoms with van der Waals surface area (Å²) in [6.07, 6.45) is 0. The fraction of sp³-hybridized carbons (Fsp3) is 0.267. The summed E-state index contributed by atoms with van der Waals surface area (Å²) in [5.41, 5.74) is 5.88. The number of nitrogens with two attached hydrogens (primary N) is 1. The molecule has 0 unspecified atom stereocenters. The summed E-state index contributed by atoms with van der Waals surface area (Å²) in [7, 11) is 2.04. The Morgan fingerprint density at radius 2 is 1.85 bits per heavy atom. The highest BCUT2D eigenvalue weighted by molar-refractivity contribution is 6.31. The number of nitrogens with one attached hydrogen (secondary N) is 1. The molecule has 0 radical (unpaired) electrons. The lowest BCUT2D eigenvalue weighted by Crippen LogP contribution is -2.19. The number of nitrogen functional groups attached to an aromatic ring is 1. The lowest BCUT2D eigenvalue weighted by Gasteiger charge is -2.17. The molecule has 3 N–H and O–H groups in total. The van der Waals surface area contributed by atoms with E-state index in [1.165, 1.54) is 11.1 Å². The summed E-state index contributed by atoms with van der Waals surface area (Å²) in [5, 5.41) is 0.653. The van der Waals surface area contributed by atoms with Gasteiger partial charge in [-0.15, -0.1) is 0 Å². The van der Waals surface area contributed by atoms with Crippen molar-refractivity contribution in [3.63, 3.8) is 0 Å². The summed E-state index contributed by atoms with van der Waals surface area (Å²) >= 11 is 6.16. The zero-order chi connectivity index (χ0) is 14.5. The molecule has 0 saturated carbocycles. The van der Waals surface area contributed by atoms with Crippen LogP contribution in [0.5, 0.6) is 0 Å². The molecule has 106 valence electrons. The lowest BCUT2D eigenvalue weighted by molar-refractivity contribution is 0.315. The number of aromatic nitrogens is 1. The molecule has 0 saturated heterocycles. The normalized spacial score (nSPS) is 10.8. The Kier molecular flexibility index (Phi) is 4.95. The van der Waals surface area contributed by atoms with Crippen LogP contribution in [0.2, 0.25) is 5.02 Å². The van der Waals surface area contributed by atoms with E-state index in [0.29, 0.717) is 17.4 Å². The van der Waals surface area contributed by atoms with Crippen LogP contribution in [0, 0.1) is 6.92 Å². The predicted octanol–water partition coefficient (Wildman–Crippen LogP) is 2.96. The fourth-order valence-electron chi connectivity index (χ4n) is 1.99. The average Bonchev–Trinajstić information content (AvgIpc) is 2.44. The minimum atomic E-state index is 0.619. The molecule has 0 aliphatic carbocycles. The number of anilines is 1. The summed E-state index contributed by atoms with van der Waals surface area (Å²) in [5.74, 6) is 5.99. The van der Waals surface area contributed by atoms with Gasteiger partial charge in [0.1, 0.15) is 5.82 Å². The van der Waals surface area contributed by atoms with Gasteiger partial charge in [-0.3, -0.25) is 4.90 Å². The standard InChI is InChI=1S/C15H19ClN4/c1-11-3-5-12(6-4-11)9-20(2)10-14-13(16)7-8-15(18-14)19-17/h3-8H,9-10,17H2,1-2H3,(H,18,19). The van der Waals surface area contributed by atoms with Crippen LogP contribution in [-0.4, -0.2) is 16.9 Å². The largest absolute Gasteiger partial charge is 0.308 e. The van der Waals surface area contributed by atoms with Crippen LogP contribution in [0.3, 0.4) is 0 Å². The second-order valence-corrected chi connectivity index (χ2v) is 5.33. The van der Waals surface area contributed by atoms with E-state index in [9.17, 15) is 0 Å². The summed E-state index contributed by atoms with van der Waals surface area (Å²) in [4.78, 5) is 6.54. The molecule has 1 aromatic carbocycles. The summed E-state index contributed by atoms with van der Waals surface area (Å²) in [6, 6.07) is 12.1. The van der Waals surface area contributed by atoms with Crippen molar-refractivity contribution in [3.8, 4) is 0 Å². The molecule has 5 heteroatoms. The highest BCUT2D eigenvalue weighted by Gasteiger charge is 2.08. The zero-order valence-electron chi connectivity index (χ0n) is 11.7. The Morgan fingerprint density at radius 3 is 2.50 bits per heavy atom. The number of nitrogens with zero attached hydrogens (tertiary/aromatic N) is 2. The van der Waals surface area contributed by atoms with E-state index in [-0.39, 0.29) is 0 Å². The van der Waals surface area contributed by atoms with Gasteiger partial charge in [-0.05, 0) is 31.7 Å². The molecule has 4 nitrogen and oxygen atoms in total. The van der Waals surface area contributed by atoms with Gasteiger partial charge in [-0.25, -0.2) is 10.8 Å². The van der Waals surface area contributed by atoms with Crippen LogP contribution in [0.4, 0.5) is 5.82 Å². The fourth-order valence-corrected chi connectivity index (χ4v) is 2.16. The van der Waals surface area contributed by atoms with Crippen molar-refractivity contribution < 1.29 is 0 Å². The third-order valence-electron chi connectivity index (χ3n) is 3.06. The van der Waals surface area contributed by atoms with Crippen LogP contribution in [0.15, 0.2) is 36.4 Å². The molecule has 0 fully saturated rings. The van der Waals surface area contributed by atoms with E-state index in [1.54, 1.807) is 12.1 Å². The number of halogens is 1. The van der Waals surface area contributed by atoms with E-state index >= 15 is 0 Å². The van der Waals surface area contributed by atoms with Crippen molar-refractivity contribution >= 4 is 17.4 Å². The molecular formula is C15H19ClN4. The van der Waals surface area contributed by atoms with Crippen molar-refractivity contribution in [2.75, 3.05) is 12.5 Å². The highest BCUT2D eigenvalue weighted by Crippen LogP contribution is 2.18. The minimum Gasteiger partial charge on any atom is -0.308 e. The van der Waals surface area contributed by atoms with E-state index in [0.717, 1.165) is 12.2 Å². The van der Waals surface area contributed by atoms with E-state index in [4.69, 9.17) is 17.4 Å². The second kappa shape index (κ2) is 6.70. The SMILES string of the molecule is Cc1ccc(CN(C)Cc2nc(NN)ccc2Cl)cc1. The first kappa shape index (κ1) is 14.8. The maximum atomic E-state index is 6.16. The van der Waals surface area contributed by atoms with Gasteiger partial charge < -0.3 is 5.43 Å². The van der Waals surface area contributed by atoms with E-state index < -0.39 is 0 Å². The van der Waals surface area contributed by atoms with E-state index in [2.05, 4.69) is 46.5 Å².